The van der Waals surface area contributed by atoms with Crippen LogP contribution in [0.1, 0.15) is 17.8 Å². The van der Waals surface area contributed by atoms with Gasteiger partial charge >= 0.3 is 6.03 Å². The second-order valence-corrected chi connectivity index (χ2v) is 7.05. The van der Waals surface area contributed by atoms with E-state index < -0.39 is 0 Å². The molecule has 0 radical (unpaired) electrons. The minimum atomic E-state index is -0.104. The Hall–Kier alpha value is -2.06. The Morgan fingerprint density at radius 3 is 2.95 bits per heavy atom. The van der Waals surface area contributed by atoms with Crippen LogP contribution in [0.15, 0.2) is 30.5 Å². The lowest BCUT2D eigenvalue weighted by Gasteiger charge is -2.20. The van der Waals surface area contributed by atoms with Crippen molar-refractivity contribution < 1.29 is 4.79 Å². The van der Waals surface area contributed by atoms with Crippen LogP contribution in [0.4, 0.5) is 9.80 Å². The molecule has 1 N–H and O–H groups in total. The van der Waals surface area contributed by atoms with Crippen LogP contribution in [-0.4, -0.2) is 31.5 Å². The van der Waals surface area contributed by atoms with Gasteiger partial charge in [-0.05, 0) is 25.0 Å². The van der Waals surface area contributed by atoms with E-state index in [0.717, 1.165) is 28.1 Å². The first-order valence-corrected chi connectivity index (χ1v) is 8.58. The molecule has 0 saturated heterocycles. The van der Waals surface area contributed by atoms with Gasteiger partial charge in [0.1, 0.15) is 10.0 Å². The molecule has 0 unspecified atom stereocenters. The summed E-state index contributed by atoms with van der Waals surface area (Å²) in [5.41, 5.74) is 0.991. The van der Waals surface area contributed by atoms with Crippen molar-refractivity contribution in [3.05, 3.63) is 35.5 Å². The van der Waals surface area contributed by atoms with E-state index in [2.05, 4.69) is 26.0 Å². The highest BCUT2D eigenvalue weighted by molar-refractivity contribution is 7.18. The predicted octanol–water partition coefficient (Wildman–Crippen LogP) is 3.34. The van der Waals surface area contributed by atoms with E-state index in [0.29, 0.717) is 17.6 Å². The van der Waals surface area contributed by atoms with Gasteiger partial charge in [-0.1, -0.05) is 16.6 Å². The van der Waals surface area contributed by atoms with E-state index in [1.165, 1.54) is 11.5 Å². The quantitative estimate of drug-likeness (QED) is 0.796. The van der Waals surface area contributed by atoms with E-state index in [-0.39, 0.29) is 6.03 Å². The second kappa shape index (κ2) is 5.62. The number of carbonyl (C=O) groups is 1. The molecule has 1 fully saturated rings. The van der Waals surface area contributed by atoms with Crippen LogP contribution in [0.2, 0.25) is 0 Å². The molecule has 22 heavy (non-hydrogen) atoms. The van der Waals surface area contributed by atoms with Gasteiger partial charge in [-0.3, -0.25) is 5.32 Å². The largest absolute Gasteiger partial charge is 0.323 e. The lowest BCUT2D eigenvalue weighted by atomic mass is 10.3. The van der Waals surface area contributed by atoms with Crippen LogP contribution in [-0.2, 0) is 6.54 Å². The zero-order valence-electron chi connectivity index (χ0n) is 11.6. The molecule has 2 amide bonds. The maximum atomic E-state index is 12.5. The molecule has 0 bridgehead atoms. The molecule has 1 aliphatic carbocycles. The number of urea groups is 1. The monoisotopic (exact) mass is 331 g/mol. The number of fused-ring (bicyclic) bond motifs is 1. The number of amides is 2. The summed E-state index contributed by atoms with van der Waals surface area (Å²) in [4.78, 5) is 18.9. The normalized spacial score (nSPS) is 14.2. The van der Waals surface area contributed by atoms with Gasteiger partial charge in [0.15, 0.2) is 0 Å². The van der Waals surface area contributed by atoms with Crippen LogP contribution in [0.3, 0.4) is 0 Å². The predicted molar refractivity (Wildman–Crippen MR) is 87.1 cm³/mol. The van der Waals surface area contributed by atoms with Crippen molar-refractivity contribution in [3.63, 3.8) is 0 Å². The molecule has 1 aliphatic rings. The third kappa shape index (κ3) is 2.79. The van der Waals surface area contributed by atoms with Gasteiger partial charge in [0.2, 0.25) is 0 Å². The van der Waals surface area contributed by atoms with E-state index in [9.17, 15) is 4.79 Å². The number of hydrogen-bond donors (Lipinski definition) is 1. The number of thiazole rings is 1. The Balaban J connectivity index is 1.53. The lowest BCUT2D eigenvalue weighted by molar-refractivity contribution is 0.206. The Morgan fingerprint density at radius 1 is 1.36 bits per heavy atom. The summed E-state index contributed by atoms with van der Waals surface area (Å²) in [7, 11) is 0. The fraction of sp³-hybridized carbons (Fsp3) is 0.286. The molecule has 6 nitrogen and oxygen atoms in total. The standard InChI is InChI=1S/C14H13N5OS2/c20-14(17-12-7-15-18-22-12)19(9-5-6-9)8-13-16-10-3-1-2-4-11(10)21-13/h1-4,7,9H,5-6,8H2,(H,17,20). The molecule has 2 aromatic heterocycles. The molecule has 0 atom stereocenters. The van der Waals surface area contributed by atoms with Crippen molar-refractivity contribution >= 4 is 44.1 Å². The first-order valence-electron chi connectivity index (χ1n) is 6.99. The van der Waals surface area contributed by atoms with Crippen molar-refractivity contribution in [1.82, 2.24) is 19.5 Å². The number of nitrogens with one attached hydrogen (secondary N) is 1. The Kier molecular flexibility index (Phi) is 3.47. The van der Waals surface area contributed by atoms with Crippen molar-refractivity contribution in [2.75, 3.05) is 5.32 Å². The first-order chi connectivity index (χ1) is 10.8. The number of carbonyl (C=O) groups excluding carboxylic acids is 1. The fourth-order valence-electron chi connectivity index (χ4n) is 2.29. The highest BCUT2D eigenvalue weighted by Gasteiger charge is 2.33. The van der Waals surface area contributed by atoms with Crippen LogP contribution in [0.25, 0.3) is 10.2 Å². The molecule has 1 aromatic carbocycles. The topological polar surface area (TPSA) is 71.0 Å². The molecule has 2 heterocycles. The highest BCUT2D eigenvalue weighted by atomic mass is 32.1. The molecule has 4 rings (SSSR count). The van der Waals surface area contributed by atoms with Crippen LogP contribution in [0, 0.1) is 0 Å². The number of hydrogen-bond acceptors (Lipinski definition) is 6. The molecule has 8 heteroatoms. The van der Waals surface area contributed by atoms with Crippen molar-refractivity contribution in [3.8, 4) is 0 Å². The number of nitrogens with zero attached hydrogens (tertiary/aromatic N) is 4. The number of anilines is 1. The van der Waals surface area contributed by atoms with Gasteiger partial charge in [-0.2, -0.15) is 0 Å². The Labute approximate surface area is 135 Å². The zero-order valence-corrected chi connectivity index (χ0v) is 13.2. The van der Waals surface area contributed by atoms with E-state index in [1.54, 1.807) is 17.5 Å². The van der Waals surface area contributed by atoms with Crippen LogP contribution in [0.5, 0.6) is 0 Å². The summed E-state index contributed by atoms with van der Waals surface area (Å²) < 4.78 is 4.91. The molecule has 3 aromatic rings. The molecule has 0 spiro atoms. The number of benzene rings is 1. The average Bonchev–Trinajstić information content (AvgIpc) is 3.07. The van der Waals surface area contributed by atoms with Crippen molar-refractivity contribution in [2.45, 2.75) is 25.4 Å². The van der Waals surface area contributed by atoms with E-state index >= 15 is 0 Å². The third-order valence-corrected chi connectivity index (χ3v) is 5.08. The molecule has 112 valence electrons. The van der Waals surface area contributed by atoms with Gasteiger partial charge in [0, 0.05) is 17.6 Å². The summed E-state index contributed by atoms with van der Waals surface area (Å²) in [5, 5.41) is 8.22. The number of aromatic nitrogens is 3. The van der Waals surface area contributed by atoms with Gasteiger partial charge in [-0.25, -0.2) is 9.78 Å². The SMILES string of the molecule is O=C(Nc1cnns1)N(Cc1nc2ccccc2s1)C1CC1. The van der Waals surface area contributed by atoms with Crippen LogP contribution < -0.4 is 5.32 Å². The summed E-state index contributed by atoms with van der Waals surface area (Å²) in [6.07, 6.45) is 3.67. The highest BCUT2D eigenvalue weighted by Crippen LogP contribution is 2.31. The number of para-hydroxylation sites is 1. The summed E-state index contributed by atoms with van der Waals surface area (Å²) in [6.45, 7) is 0.544. The van der Waals surface area contributed by atoms with Crippen molar-refractivity contribution in [1.29, 1.82) is 0 Å². The smallest absolute Gasteiger partial charge is 0.315 e. The maximum absolute atomic E-state index is 12.5. The molecule has 1 saturated carbocycles. The number of rotatable bonds is 4. The van der Waals surface area contributed by atoms with Gasteiger partial charge in [0.25, 0.3) is 0 Å². The Morgan fingerprint density at radius 2 is 2.23 bits per heavy atom. The summed E-state index contributed by atoms with van der Waals surface area (Å²) in [5.74, 6) is 0. The molecular formula is C14H13N5OS2. The molecule has 0 aliphatic heterocycles. The third-order valence-electron chi connectivity index (χ3n) is 3.48. The summed E-state index contributed by atoms with van der Waals surface area (Å²) in [6, 6.07) is 8.25. The van der Waals surface area contributed by atoms with Gasteiger partial charge in [-0.15, -0.1) is 16.4 Å². The molecular weight excluding hydrogens is 318 g/mol. The van der Waals surface area contributed by atoms with E-state index in [4.69, 9.17) is 0 Å². The van der Waals surface area contributed by atoms with Gasteiger partial charge < -0.3 is 4.90 Å². The Bertz CT molecular complexity index is 764. The van der Waals surface area contributed by atoms with Crippen molar-refractivity contribution in [2.24, 2.45) is 0 Å². The first kappa shape index (κ1) is 13.6. The van der Waals surface area contributed by atoms with Gasteiger partial charge in [0.05, 0.1) is 23.0 Å². The summed E-state index contributed by atoms with van der Waals surface area (Å²) >= 11 is 2.82. The van der Waals surface area contributed by atoms with E-state index in [1.807, 2.05) is 23.1 Å². The maximum Gasteiger partial charge on any atom is 0.323 e. The lowest BCUT2D eigenvalue weighted by Crippen LogP contribution is -2.36. The fourth-order valence-corrected chi connectivity index (χ4v) is 3.66. The second-order valence-electron chi connectivity index (χ2n) is 5.15. The minimum Gasteiger partial charge on any atom is -0.315 e. The zero-order chi connectivity index (χ0) is 14.9. The van der Waals surface area contributed by atoms with Crippen LogP contribution >= 0.6 is 22.9 Å². The average molecular weight is 331 g/mol. The minimum absolute atomic E-state index is 0.104.